The maximum Gasteiger partial charge on any atom is 0.254 e. The van der Waals surface area contributed by atoms with Crippen molar-refractivity contribution in [2.45, 2.75) is 18.9 Å². The third-order valence-corrected chi connectivity index (χ3v) is 4.90. The van der Waals surface area contributed by atoms with Crippen LogP contribution in [-0.4, -0.2) is 34.6 Å². The first-order valence-electron chi connectivity index (χ1n) is 8.70. The van der Waals surface area contributed by atoms with E-state index in [-0.39, 0.29) is 11.9 Å². The van der Waals surface area contributed by atoms with Crippen molar-refractivity contribution >= 4 is 17.5 Å². The van der Waals surface area contributed by atoms with Gasteiger partial charge in [0.05, 0.1) is 7.11 Å². The number of amides is 1. The second-order valence-corrected chi connectivity index (χ2v) is 6.79. The van der Waals surface area contributed by atoms with Crippen LogP contribution in [0.1, 0.15) is 35.1 Å². The smallest absolute Gasteiger partial charge is 0.254 e. The molecule has 1 saturated heterocycles. The van der Waals surface area contributed by atoms with Gasteiger partial charge in [-0.2, -0.15) is 4.98 Å². The molecule has 3 aromatic rings. The van der Waals surface area contributed by atoms with Gasteiger partial charge in [0, 0.05) is 22.7 Å². The van der Waals surface area contributed by atoms with Crippen LogP contribution in [0.3, 0.4) is 0 Å². The fraction of sp³-hybridized carbons (Fsp3) is 0.250. The van der Waals surface area contributed by atoms with Crippen molar-refractivity contribution in [1.82, 2.24) is 15.0 Å². The molecule has 0 unspecified atom stereocenters. The number of nitrogens with zero attached hydrogens (tertiary/aromatic N) is 3. The fourth-order valence-electron chi connectivity index (χ4n) is 3.28. The molecule has 2 aromatic carbocycles. The molecule has 1 fully saturated rings. The summed E-state index contributed by atoms with van der Waals surface area (Å²) in [4.78, 5) is 19.2. The van der Waals surface area contributed by atoms with Crippen molar-refractivity contribution in [3.05, 3.63) is 65.0 Å². The molecule has 0 spiro atoms. The minimum absolute atomic E-state index is 0.0531. The van der Waals surface area contributed by atoms with Gasteiger partial charge in [-0.3, -0.25) is 4.79 Å². The summed E-state index contributed by atoms with van der Waals surface area (Å²) in [6.07, 6.45) is 1.68. The summed E-state index contributed by atoms with van der Waals surface area (Å²) in [6.45, 7) is 0.657. The minimum atomic E-state index is -0.222. The topological polar surface area (TPSA) is 68.5 Å². The van der Waals surface area contributed by atoms with Gasteiger partial charge in [0.1, 0.15) is 11.8 Å². The molecule has 138 valence electrons. The molecular weight excluding hydrogens is 366 g/mol. The van der Waals surface area contributed by atoms with Gasteiger partial charge >= 0.3 is 0 Å². The molecule has 1 amide bonds. The van der Waals surface area contributed by atoms with Crippen LogP contribution < -0.4 is 4.74 Å². The Labute approximate surface area is 161 Å². The molecule has 1 atom stereocenters. The first kappa shape index (κ1) is 17.5. The van der Waals surface area contributed by atoms with E-state index in [0.717, 1.165) is 18.4 Å². The number of methoxy groups -OCH3 is 1. The van der Waals surface area contributed by atoms with Crippen LogP contribution in [0.2, 0.25) is 5.02 Å². The van der Waals surface area contributed by atoms with E-state index in [2.05, 4.69) is 10.1 Å². The summed E-state index contributed by atoms with van der Waals surface area (Å²) in [7, 11) is 1.60. The van der Waals surface area contributed by atoms with Gasteiger partial charge in [-0.1, -0.05) is 28.9 Å². The van der Waals surface area contributed by atoms with Crippen LogP contribution in [-0.2, 0) is 0 Å². The highest BCUT2D eigenvalue weighted by molar-refractivity contribution is 6.30. The molecule has 1 aliphatic rings. The molecule has 7 heteroatoms. The first-order chi connectivity index (χ1) is 13.2. The van der Waals surface area contributed by atoms with Crippen LogP contribution in [0.15, 0.2) is 53.1 Å². The van der Waals surface area contributed by atoms with E-state index in [9.17, 15) is 4.79 Å². The van der Waals surface area contributed by atoms with Gasteiger partial charge in [0.15, 0.2) is 0 Å². The molecule has 6 nitrogen and oxygen atoms in total. The highest BCUT2D eigenvalue weighted by Crippen LogP contribution is 2.33. The molecule has 0 bridgehead atoms. The predicted octanol–water partition coefficient (Wildman–Crippen LogP) is 4.38. The lowest BCUT2D eigenvalue weighted by Crippen LogP contribution is -2.30. The number of carbonyl (C=O) groups is 1. The Morgan fingerprint density at radius 2 is 2.07 bits per heavy atom. The highest BCUT2D eigenvalue weighted by atomic mass is 35.5. The van der Waals surface area contributed by atoms with Crippen molar-refractivity contribution in [3.63, 3.8) is 0 Å². The number of hydrogen-bond donors (Lipinski definition) is 0. The number of halogens is 1. The highest BCUT2D eigenvalue weighted by Gasteiger charge is 2.34. The fourth-order valence-corrected chi connectivity index (χ4v) is 3.47. The first-order valence-corrected chi connectivity index (χ1v) is 9.08. The lowest BCUT2D eigenvalue weighted by Gasteiger charge is -2.22. The largest absolute Gasteiger partial charge is 0.497 e. The van der Waals surface area contributed by atoms with Gasteiger partial charge < -0.3 is 14.2 Å². The van der Waals surface area contributed by atoms with Crippen molar-refractivity contribution in [2.75, 3.05) is 13.7 Å². The number of ether oxygens (including phenoxy) is 1. The molecule has 0 radical (unpaired) electrons. The number of rotatable bonds is 4. The van der Waals surface area contributed by atoms with Crippen molar-refractivity contribution < 1.29 is 14.1 Å². The van der Waals surface area contributed by atoms with E-state index in [0.29, 0.717) is 34.6 Å². The van der Waals surface area contributed by atoms with E-state index in [1.54, 1.807) is 48.4 Å². The van der Waals surface area contributed by atoms with E-state index in [1.165, 1.54) is 0 Å². The second kappa shape index (κ2) is 7.40. The molecule has 1 aliphatic heterocycles. The monoisotopic (exact) mass is 383 g/mol. The van der Waals surface area contributed by atoms with Gasteiger partial charge in [0.2, 0.25) is 11.7 Å². The summed E-state index contributed by atoms with van der Waals surface area (Å²) in [5, 5.41) is 4.67. The normalized spacial score (nSPS) is 16.5. The number of aromatic nitrogens is 2. The second-order valence-electron chi connectivity index (χ2n) is 6.35. The number of hydrogen-bond acceptors (Lipinski definition) is 5. The molecule has 0 N–H and O–H groups in total. The molecular formula is C20H18ClN3O3. The molecule has 4 rings (SSSR count). The van der Waals surface area contributed by atoms with E-state index in [1.807, 2.05) is 12.1 Å². The maximum absolute atomic E-state index is 12.9. The number of carbonyl (C=O) groups excluding carboxylic acids is 1. The Bertz CT molecular complexity index is 955. The lowest BCUT2D eigenvalue weighted by molar-refractivity contribution is 0.0710. The van der Waals surface area contributed by atoms with Crippen LogP contribution in [0.4, 0.5) is 0 Å². The minimum Gasteiger partial charge on any atom is -0.497 e. The zero-order valence-electron chi connectivity index (χ0n) is 14.8. The lowest BCUT2D eigenvalue weighted by atomic mass is 10.1. The third-order valence-electron chi connectivity index (χ3n) is 4.66. The van der Waals surface area contributed by atoms with E-state index >= 15 is 0 Å². The average Bonchev–Trinajstić information content (AvgIpc) is 3.37. The van der Waals surface area contributed by atoms with Crippen LogP contribution in [0.25, 0.3) is 11.4 Å². The van der Waals surface area contributed by atoms with Gasteiger partial charge in [0.25, 0.3) is 5.91 Å². The van der Waals surface area contributed by atoms with Gasteiger partial charge in [-0.05, 0) is 49.2 Å². The Morgan fingerprint density at radius 1 is 1.26 bits per heavy atom. The SMILES string of the molecule is COc1ccc(C(=O)N2CCC[C@@H]2c2nc(-c3cccc(Cl)c3)no2)cc1. The van der Waals surface area contributed by atoms with Crippen LogP contribution >= 0.6 is 11.6 Å². The Hall–Kier alpha value is -2.86. The summed E-state index contributed by atoms with van der Waals surface area (Å²) in [5.41, 5.74) is 1.39. The van der Waals surface area contributed by atoms with Crippen LogP contribution in [0, 0.1) is 0 Å². The Morgan fingerprint density at radius 3 is 2.81 bits per heavy atom. The zero-order valence-corrected chi connectivity index (χ0v) is 15.5. The molecule has 27 heavy (non-hydrogen) atoms. The molecule has 0 aliphatic carbocycles. The van der Waals surface area contributed by atoms with E-state index in [4.69, 9.17) is 20.9 Å². The standard InChI is InChI=1S/C20H18ClN3O3/c1-26-16-9-7-13(8-10-16)20(25)24-11-3-6-17(24)19-22-18(23-27-19)14-4-2-5-15(21)12-14/h2,4-5,7-10,12,17H,3,6,11H2,1H3/t17-/m1/s1. The Kier molecular flexibility index (Phi) is 4.81. The summed E-state index contributed by atoms with van der Waals surface area (Å²) in [6, 6.07) is 14.1. The number of likely N-dealkylation sites (tertiary alicyclic amines) is 1. The third kappa shape index (κ3) is 3.53. The van der Waals surface area contributed by atoms with Gasteiger partial charge in [-0.15, -0.1) is 0 Å². The molecule has 2 heterocycles. The zero-order chi connectivity index (χ0) is 18.8. The van der Waals surface area contributed by atoms with E-state index < -0.39 is 0 Å². The molecule has 0 saturated carbocycles. The Balaban J connectivity index is 1.57. The maximum atomic E-state index is 12.9. The quantitative estimate of drug-likeness (QED) is 0.668. The van der Waals surface area contributed by atoms with Crippen LogP contribution in [0.5, 0.6) is 5.75 Å². The van der Waals surface area contributed by atoms with Crippen molar-refractivity contribution in [3.8, 4) is 17.1 Å². The van der Waals surface area contributed by atoms with Gasteiger partial charge in [-0.25, -0.2) is 0 Å². The predicted molar refractivity (Wildman–Crippen MR) is 101 cm³/mol. The number of benzene rings is 2. The van der Waals surface area contributed by atoms with Crippen molar-refractivity contribution in [2.24, 2.45) is 0 Å². The summed E-state index contributed by atoms with van der Waals surface area (Å²) in [5.74, 6) is 1.58. The molecule has 1 aromatic heterocycles. The average molecular weight is 384 g/mol. The summed E-state index contributed by atoms with van der Waals surface area (Å²) >= 11 is 6.03. The summed E-state index contributed by atoms with van der Waals surface area (Å²) < 4.78 is 10.6. The van der Waals surface area contributed by atoms with Crippen molar-refractivity contribution in [1.29, 1.82) is 0 Å².